The van der Waals surface area contributed by atoms with Crippen molar-refractivity contribution in [3.8, 4) is 17.2 Å². The lowest BCUT2D eigenvalue weighted by atomic mass is 10.1. The van der Waals surface area contributed by atoms with Crippen LogP contribution in [0.2, 0.25) is 0 Å². The maximum absolute atomic E-state index is 12.8. The molecule has 0 spiro atoms. The van der Waals surface area contributed by atoms with Gasteiger partial charge in [0.1, 0.15) is 17.2 Å². The standard InChI is InChI=1S/C35H28N4O5/c1-23-21-28(42-3)17-19-30(23)35(41)44-33-12-8-7-11-32(33)39-37-27-15-13-26(14-16-27)36-38-31-20-18-29(22-24(31)2)43-34(40)25-9-5-4-6-10-25/h4-22H,1-3H3. The topological polar surface area (TPSA) is 111 Å². The number of para-hydroxylation sites is 1. The Labute approximate surface area is 254 Å². The second-order valence-corrected chi connectivity index (χ2v) is 9.66. The summed E-state index contributed by atoms with van der Waals surface area (Å²) in [6.45, 7) is 3.68. The molecule has 9 heteroatoms. The molecule has 0 fully saturated rings. The Hall–Kier alpha value is -5.96. The van der Waals surface area contributed by atoms with Gasteiger partial charge in [0.05, 0.1) is 35.3 Å². The van der Waals surface area contributed by atoms with E-state index < -0.39 is 11.9 Å². The number of esters is 2. The number of benzene rings is 5. The summed E-state index contributed by atoms with van der Waals surface area (Å²) >= 11 is 0. The minimum atomic E-state index is -0.499. The van der Waals surface area contributed by atoms with Gasteiger partial charge in [0.25, 0.3) is 0 Å². The van der Waals surface area contributed by atoms with E-state index in [1.54, 1.807) is 116 Å². The second-order valence-electron chi connectivity index (χ2n) is 9.66. The van der Waals surface area contributed by atoms with Crippen LogP contribution in [0.1, 0.15) is 31.8 Å². The first-order chi connectivity index (χ1) is 21.4. The second kappa shape index (κ2) is 13.8. The largest absolute Gasteiger partial charge is 0.497 e. The van der Waals surface area contributed by atoms with Crippen LogP contribution in [0, 0.1) is 13.8 Å². The highest BCUT2D eigenvalue weighted by Gasteiger charge is 2.15. The number of azo groups is 2. The number of hydrogen-bond acceptors (Lipinski definition) is 9. The van der Waals surface area contributed by atoms with E-state index in [0.717, 1.165) is 11.1 Å². The van der Waals surface area contributed by atoms with Gasteiger partial charge < -0.3 is 14.2 Å². The van der Waals surface area contributed by atoms with E-state index in [2.05, 4.69) is 20.5 Å². The maximum Gasteiger partial charge on any atom is 0.343 e. The predicted molar refractivity (Wildman–Crippen MR) is 167 cm³/mol. The SMILES string of the molecule is COc1ccc(C(=O)Oc2ccccc2N=Nc2ccc(N=Nc3ccc(OC(=O)c4ccccc4)cc3C)cc2)c(C)c1. The van der Waals surface area contributed by atoms with E-state index in [1.165, 1.54) is 0 Å². The van der Waals surface area contributed by atoms with Crippen molar-refractivity contribution in [2.75, 3.05) is 7.11 Å². The number of nitrogens with zero attached hydrogens (tertiary/aromatic N) is 4. The Bertz CT molecular complexity index is 1850. The molecule has 218 valence electrons. The number of rotatable bonds is 9. The van der Waals surface area contributed by atoms with Crippen LogP contribution in [-0.2, 0) is 0 Å². The van der Waals surface area contributed by atoms with Gasteiger partial charge in [0.15, 0.2) is 5.75 Å². The molecule has 0 atom stereocenters. The summed E-state index contributed by atoms with van der Waals surface area (Å²) < 4.78 is 16.3. The maximum atomic E-state index is 12.8. The molecule has 0 aromatic heterocycles. The molecule has 0 saturated carbocycles. The van der Waals surface area contributed by atoms with Crippen LogP contribution in [0.25, 0.3) is 0 Å². The number of aryl methyl sites for hydroxylation is 2. The zero-order valence-electron chi connectivity index (χ0n) is 24.3. The van der Waals surface area contributed by atoms with E-state index >= 15 is 0 Å². The first kappa shape index (κ1) is 29.5. The average Bonchev–Trinajstić information content (AvgIpc) is 3.04. The zero-order chi connectivity index (χ0) is 30.9. The Morgan fingerprint density at radius 3 is 1.82 bits per heavy atom. The van der Waals surface area contributed by atoms with E-state index in [1.807, 2.05) is 19.9 Å². The highest BCUT2D eigenvalue weighted by atomic mass is 16.5. The predicted octanol–water partition coefficient (Wildman–Crippen LogP) is 9.58. The van der Waals surface area contributed by atoms with E-state index in [4.69, 9.17) is 14.2 Å². The van der Waals surface area contributed by atoms with Crippen LogP contribution >= 0.6 is 0 Å². The van der Waals surface area contributed by atoms with Crippen LogP contribution < -0.4 is 14.2 Å². The number of carbonyl (C=O) groups excluding carboxylic acids is 2. The zero-order valence-corrected chi connectivity index (χ0v) is 24.3. The summed E-state index contributed by atoms with van der Waals surface area (Å²) in [6, 6.07) is 33.1. The Morgan fingerprint density at radius 2 is 1.16 bits per heavy atom. The van der Waals surface area contributed by atoms with Gasteiger partial charge in [-0.1, -0.05) is 30.3 Å². The lowest BCUT2D eigenvalue weighted by molar-refractivity contribution is 0.0725. The third kappa shape index (κ3) is 7.46. The summed E-state index contributed by atoms with van der Waals surface area (Å²) in [7, 11) is 1.57. The van der Waals surface area contributed by atoms with Crippen LogP contribution in [0.4, 0.5) is 22.7 Å². The third-order valence-corrected chi connectivity index (χ3v) is 6.51. The molecular weight excluding hydrogens is 556 g/mol. The van der Waals surface area contributed by atoms with Crippen LogP contribution in [0.3, 0.4) is 0 Å². The lowest BCUT2D eigenvalue weighted by Gasteiger charge is -2.09. The summed E-state index contributed by atoms with van der Waals surface area (Å²) in [4.78, 5) is 25.1. The van der Waals surface area contributed by atoms with Crippen LogP contribution in [-0.4, -0.2) is 19.0 Å². The Morgan fingerprint density at radius 1 is 0.545 bits per heavy atom. The molecule has 0 saturated heterocycles. The van der Waals surface area contributed by atoms with E-state index in [-0.39, 0.29) is 5.75 Å². The monoisotopic (exact) mass is 584 g/mol. The van der Waals surface area contributed by atoms with Gasteiger partial charge in [-0.15, -0.1) is 5.11 Å². The van der Waals surface area contributed by atoms with Crippen molar-refractivity contribution in [2.24, 2.45) is 20.5 Å². The van der Waals surface area contributed by atoms with Crippen molar-refractivity contribution in [1.29, 1.82) is 0 Å². The Kier molecular flexibility index (Phi) is 9.26. The van der Waals surface area contributed by atoms with Crippen molar-refractivity contribution in [2.45, 2.75) is 13.8 Å². The molecule has 5 aromatic rings. The molecular formula is C35H28N4O5. The molecule has 0 unspecified atom stereocenters. The highest BCUT2D eigenvalue weighted by Crippen LogP contribution is 2.31. The smallest absolute Gasteiger partial charge is 0.343 e. The van der Waals surface area contributed by atoms with Gasteiger partial charge in [-0.2, -0.15) is 15.3 Å². The normalized spacial score (nSPS) is 11.1. The summed E-state index contributed by atoms with van der Waals surface area (Å²) in [5.41, 5.74) is 4.70. The van der Waals surface area contributed by atoms with Gasteiger partial charge >= 0.3 is 11.9 Å². The minimum absolute atomic E-state index is 0.290. The van der Waals surface area contributed by atoms with Gasteiger partial charge in [-0.05, 0) is 110 Å². The molecule has 0 N–H and O–H groups in total. The van der Waals surface area contributed by atoms with Crippen molar-refractivity contribution >= 4 is 34.7 Å². The molecule has 0 heterocycles. The first-order valence-electron chi connectivity index (χ1n) is 13.7. The molecule has 0 bridgehead atoms. The fraction of sp³-hybridized carbons (Fsp3) is 0.0857. The van der Waals surface area contributed by atoms with Gasteiger partial charge in [-0.25, -0.2) is 9.59 Å². The molecule has 44 heavy (non-hydrogen) atoms. The summed E-state index contributed by atoms with van der Waals surface area (Å²) in [6.07, 6.45) is 0. The van der Waals surface area contributed by atoms with Crippen molar-refractivity contribution in [1.82, 2.24) is 0 Å². The quantitative estimate of drug-likeness (QED) is 0.0973. The molecule has 0 radical (unpaired) electrons. The van der Waals surface area contributed by atoms with E-state index in [0.29, 0.717) is 45.4 Å². The molecule has 5 aromatic carbocycles. The summed E-state index contributed by atoms with van der Waals surface area (Å²) in [5.74, 6) is 0.453. The molecule has 0 aliphatic heterocycles. The third-order valence-electron chi connectivity index (χ3n) is 6.51. The van der Waals surface area contributed by atoms with Gasteiger partial charge in [-0.3, -0.25) is 0 Å². The van der Waals surface area contributed by atoms with Crippen LogP contribution in [0.5, 0.6) is 17.2 Å². The number of ether oxygens (including phenoxy) is 3. The average molecular weight is 585 g/mol. The summed E-state index contributed by atoms with van der Waals surface area (Å²) in [5, 5.41) is 17.2. The number of methoxy groups -OCH3 is 1. The highest BCUT2D eigenvalue weighted by molar-refractivity contribution is 5.93. The minimum Gasteiger partial charge on any atom is -0.497 e. The van der Waals surface area contributed by atoms with E-state index in [9.17, 15) is 9.59 Å². The fourth-order valence-corrected chi connectivity index (χ4v) is 4.13. The van der Waals surface area contributed by atoms with Gasteiger partial charge in [0.2, 0.25) is 0 Å². The van der Waals surface area contributed by atoms with Crippen molar-refractivity contribution in [3.63, 3.8) is 0 Å². The number of carbonyl (C=O) groups is 2. The molecule has 0 aliphatic carbocycles. The molecule has 0 amide bonds. The fourth-order valence-electron chi connectivity index (χ4n) is 4.13. The lowest BCUT2D eigenvalue weighted by Crippen LogP contribution is -2.10. The molecule has 9 nitrogen and oxygen atoms in total. The molecule has 5 rings (SSSR count). The van der Waals surface area contributed by atoms with Crippen molar-refractivity contribution < 1.29 is 23.8 Å². The van der Waals surface area contributed by atoms with Gasteiger partial charge in [0, 0.05) is 0 Å². The van der Waals surface area contributed by atoms with Crippen molar-refractivity contribution in [3.05, 3.63) is 138 Å². The number of hydrogen-bond donors (Lipinski definition) is 0. The molecule has 0 aliphatic rings. The Balaban J connectivity index is 1.22. The first-order valence-corrected chi connectivity index (χ1v) is 13.7. The van der Waals surface area contributed by atoms with Crippen LogP contribution in [0.15, 0.2) is 136 Å².